The molecule has 1 unspecified atom stereocenters. The SMILES string of the molecule is CCC(c1nc2ccccc2c(=O)n1-c1ccc(Br)cc1)N(CCN(C)C)C(=O)NC1CCCCC1. The number of hydrogen-bond acceptors (Lipinski definition) is 4. The molecule has 0 saturated heterocycles. The Bertz CT molecular complexity index is 1230. The number of carbonyl (C=O) groups excluding carboxylic acids is 1. The third-order valence-corrected chi connectivity index (χ3v) is 7.46. The third kappa shape index (κ3) is 5.98. The maximum absolute atomic E-state index is 13.8. The number of para-hydroxylation sites is 1. The summed E-state index contributed by atoms with van der Waals surface area (Å²) >= 11 is 3.49. The average Bonchev–Trinajstić information content (AvgIpc) is 2.87. The first-order valence-electron chi connectivity index (χ1n) is 12.9. The Balaban J connectivity index is 1.82. The number of rotatable bonds is 8. The van der Waals surface area contributed by atoms with Crippen molar-refractivity contribution >= 4 is 32.9 Å². The van der Waals surface area contributed by atoms with Crippen molar-refractivity contribution in [3.63, 3.8) is 0 Å². The van der Waals surface area contributed by atoms with Crippen molar-refractivity contribution in [3.05, 3.63) is 69.2 Å². The van der Waals surface area contributed by atoms with Crippen LogP contribution in [0.2, 0.25) is 0 Å². The van der Waals surface area contributed by atoms with Crippen molar-refractivity contribution in [2.75, 3.05) is 27.2 Å². The lowest BCUT2D eigenvalue weighted by Gasteiger charge is -2.35. The van der Waals surface area contributed by atoms with Crippen molar-refractivity contribution < 1.29 is 4.79 Å². The number of benzene rings is 2. The first kappa shape index (κ1) is 26.4. The topological polar surface area (TPSA) is 70.5 Å². The number of hydrogen-bond donors (Lipinski definition) is 1. The summed E-state index contributed by atoms with van der Waals surface area (Å²) in [5.41, 5.74) is 1.25. The normalized spacial score (nSPS) is 15.2. The van der Waals surface area contributed by atoms with E-state index in [9.17, 15) is 9.59 Å². The van der Waals surface area contributed by atoms with Crippen molar-refractivity contribution in [3.8, 4) is 5.69 Å². The van der Waals surface area contributed by atoms with Crippen molar-refractivity contribution in [2.24, 2.45) is 0 Å². The van der Waals surface area contributed by atoms with Gasteiger partial charge in [-0.1, -0.05) is 54.2 Å². The van der Waals surface area contributed by atoms with Crippen LogP contribution in [0, 0.1) is 0 Å². The van der Waals surface area contributed by atoms with Gasteiger partial charge in [-0.3, -0.25) is 9.36 Å². The van der Waals surface area contributed by atoms with E-state index in [2.05, 4.69) is 33.1 Å². The van der Waals surface area contributed by atoms with Crippen LogP contribution >= 0.6 is 15.9 Å². The number of likely N-dealkylation sites (N-methyl/N-ethyl adjacent to an activating group) is 1. The summed E-state index contributed by atoms with van der Waals surface area (Å²) in [6.45, 7) is 3.30. The Morgan fingerprint density at radius 2 is 1.78 bits per heavy atom. The van der Waals surface area contributed by atoms with Gasteiger partial charge in [-0.05, 0) is 69.8 Å². The van der Waals surface area contributed by atoms with E-state index in [1.165, 1.54) is 6.42 Å². The van der Waals surface area contributed by atoms with E-state index in [0.717, 1.165) is 35.8 Å². The summed E-state index contributed by atoms with van der Waals surface area (Å²) in [7, 11) is 4.01. The molecule has 8 heteroatoms. The predicted molar refractivity (Wildman–Crippen MR) is 149 cm³/mol. The highest BCUT2D eigenvalue weighted by Gasteiger charge is 2.30. The third-order valence-electron chi connectivity index (χ3n) is 6.93. The summed E-state index contributed by atoms with van der Waals surface area (Å²) in [4.78, 5) is 36.5. The Hall–Kier alpha value is -2.71. The van der Waals surface area contributed by atoms with E-state index in [1.807, 2.05) is 67.5 Å². The second kappa shape index (κ2) is 12.0. The number of aromatic nitrogens is 2. The average molecular weight is 555 g/mol. The van der Waals surface area contributed by atoms with E-state index in [-0.39, 0.29) is 23.7 Å². The second-order valence-corrected chi connectivity index (χ2v) is 10.7. The summed E-state index contributed by atoms with van der Waals surface area (Å²) in [6, 6.07) is 14.8. The Morgan fingerprint density at radius 3 is 2.44 bits per heavy atom. The first-order valence-corrected chi connectivity index (χ1v) is 13.7. The largest absolute Gasteiger partial charge is 0.335 e. The molecule has 2 aromatic carbocycles. The zero-order chi connectivity index (χ0) is 25.7. The maximum atomic E-state index is 13.8. The molecule has 1 heterocycles. The number of amides is 2. The number of halogens is 1. The van der Waals surface area contributed by atoms with Crippen molar-refractivity contribution in [2.45, 2.75) is 57.5 Å². The van der Waals surface area contributed by atoms with Crippen LogP contribution < -0.4 is 10.9 Å². The summed E-state index contributed by atoms with van der Waals surface area (Å²) in [6.07, 6.45) is 6.19. The molecule has 0 aliphatic heterocycles. The molecule has 7 nitrogen and oxygen atoms in total. The van der Waals surface area contributed by atoms with Gasteiger partial charge in [0.15, 0.2) is 0 Å². The van der Waals surface area contributed by atoms with E-state index in [0.29, 0.717) is 36.2 Å². The van der Waals surface area contributed by atoms with Gasteiger partial charge in [0.1, 0.15) is 5.82 Å². The highest BCUT2D eigenvalue weighted by atomic mass is 79.9. The smallest absolute Gasteiger partial charge is 0.318 e. The lowest BCUT2D eigenvalue weighted by molar-refractivity contribution is 0.154. The van der Waals surface area contributed by atoms with E-state index in [4.69, 9.17) is 4.98 Å². The van der Waals surface area contributed by atoms with Gasteiger partial charge < -0.3 is 15.1 Å². The van der Waals surface area contributed by atoms with E-state index in [1.54, 1.807) is 4.57 Å². The maximum Gasteiger partial charge on any atom is 0.318 e. The molecule has 1 aliphatic carbocycles. The molecule has 0 spiro atoms. The molecule has 1 aliphatic rings. The number of carbonyl (C=O) groups is 1. The molecule has 0 radical (unpaired) electrons. The predicted octanol–water partition coefficient (Wildman–Crippen LogP) is 5.51. The number of urea groups is 1. The van der Waals surface area contributed by atoms with E-state index >= 15 is 0 Å². The van der Waals surface area contributed by atoms with Gasteiger partial charge in [0.25, 0.3) is 5.56 Å². The molecular formula is C28H36BrN5O2. The van der Waals surface area contributed by atoms with Crippen LogP contribution in [0.15, 0.2) is 57.8 Å². The molecule has 1 aromatic heterocycles. The van der Waals surface area contributed by atoms with Crippen LogP contribution in [-0.4, -0.2) is 58.6 Å². The lowest BCUT2D eigenvalue weighted by Crippen LogP contribution is -2.49. The fourth-order valence-electron chi connectivity index (χ4n) is 4.97. The Labute approximate surface area is 221 Å². The molecule has 3 aromatic rings. The van der Waals surface area contributed by atoms with Gasteiger partial charge in [0.2, 0.25) is 0 Å². The molecule has 1 atom stereocenters. The minimum atomic E-state index is -0.366. The molecule has 36 heavy (non-hydrogen) atoms. The van der Waals surface area contributed by atoms with Gasteiger partial charge >= 0.3 is 6.03 Å². The fraction of sp³-hybridized carbons (Fsp3) is 0.464. The van der Waals surface area contributed by atoms with Gasteiger partial charge in [-0.15, -0.1) is 0 Å². The summed E-state index contributed by atoms with van der Waals surface area (Å²) in [5, 5.41) is 3.85. The fourth-order valence-corrected chi connectivity index (χ4v) is 5.23. The van der Waals surface area contributed by atoms with Crippen LogP contribution in [-0.2, 0) is 0 Å². The number of fused-ring (bicyclic) bond motifs is 1. The minimum absolute atomic E-state index is 0.0830. The van der Waals surface area contributed by atoms with Crippen molar-refractivity contribution in [1.29, 1.82) is 0 Å². The van der Waals surface area contributed by atoms with Crippen LogP contribution in [0.5, 0.6) is 0 Å². The Kier molecular flexibility index (Phi) is 8.80. The van der Waals surface area contributed by atoms with Crippen LogP contribution in [0.3, 0.4) is 0 Å². The molecule has 192 valence electrons. The number of nitrogens with one attached hydrogen (secondary N) is 1. The van der Waals surface area contributed by atoms with Gasteiger partial charge in [0.05, 0.1) is 22.6 Å². The van der Waals surface area contributed by atoms with Crippen LogP contribution in [0.4, 0.5) is 4.79 Å². The molecule has 1 fully saturated rings. The molecule has 0 bridgehead atoms. The minimum Gasteiger partial charge on any atom is -0.335 e. The lowest BCUT2D eigenvalue weighted by atomic mass is 9.96. The van der Waals surface area contributed by atoms with Crippen LogP contribution in [0.1, 0.15) is 57.3 Å². The monoisotopic (exact) mass is 553 g/mol. The van der Waals surface area contributed by atoms with Gasteiger partial charge in [-0.2, -0.15) is 0 Å². The Morgan fingerprint density at radius 1 is 1.08 bits per heavy atom. The summed E-state index contributed by atoms with van der Waals surface area (Å²) < 4.78 is 2.61. The van der Waals surface area contributed by atoms with E-state index < -0.39 is 0 Å². The highest BCUT2D eigenvalue weighted by molar-refractivity contribution is 9.10. The summed E-state index contributed by atoms with van der Waals surface area (Å²) in [5.74, 6) is 0.584. The molecule has 2 amide bonds. The number of nitrogens with zero attached hydrogens (tertiary/aromatic N) is 4. The first-order chi connectivity index (χ1) is 17.4. The van der Waals surface area contributed by atoms with Gasteiger partial charge in [-0.25, -0.2) is 9.78 Å². The van der Waals surface area contributed by atoms with Crippen molar-refractivity contribution in [1.82, 2.24) is 24.7 Å². The second-order valence-electron chi connectivity index (χ2n) is 9.81. The molecule has 4 rings (SSSR count). The molecule has 1 saturated carbocycles. The quantitative estimate of drug-likeness (QED) is 0.399. The molecular weight excluding hydrogens is 518 g/mol. The zero-order valence-corrected chi connectivity index (χ0v) is 23.0. The molecule has 1 N–H and O–H groups in total. The van der Waals surface area contributed by atoms with Gasteiger partial charge in [0, 0.05) is 23.6 Å². The highest BCUT2D eigenvalue weighted by Crippen LogP contribution is 2.27. The van der Waals surface area contributed by atoms with Crippen LogP contribution in [0.25, 0.3) is 16.6 Å². The standard InChI is InChI=1S/C28H36BrN5O2/c1-4-25(33(19-18-32(2)3)28(36)30-21-10-6-5-7-11-21)26-31-24-13-9-8-12-23(24)27(35)34(26)22-16-14-20(29)15-17-22/h8-9,12-17,21,25H,4-7,10-11,18-19H2,1-3H3,(H,30,36). The zero-order valence-electron chi connectivity index (χ0n) is 21.4.